The number of allylic oxidation sites excluding steroid dienone is 2. The summed E-state index contributed by atoms with van der Waals surface area (Å²) in [6.45, 7) is 11.0. The number of amides is 1. The van der Waals surface area contributed by atoms with Gasteiger partial charge in [0.1, 0.15) is 12.6 Å². The minimum absolute atomic E-state index is 0.0150. The first-order chi connectivity index (χ1) is 14.5. The van der Waals surface area contributed by atoms with Gasteiger partial charge in [0.15, 0.2) is 8.32 Å². The van der Waals surface area contributed by atoms with Gasteiger partial charge in [0.2, 0.25) is 0 Å². The number of likely N-dealkylation sites (tertiary alicyclic amines) is 1. The zero-order valence-corrected chi connectivity index (χ0v) is 20.3. The Morgan fingerprint density at radius 3 is 2.45 bits per heavy atom. The molecule has 31 heavy (non-hydrogen) atoms. The zero-order chi connectivity index (χ0) is 22.8. The van der Waals surface area contributed by atoms with Crippen molar-refractivity contribution in [3.63, 3.8) is 0 Å². The Hall–Kier alpha value is -2.38. The number of carbonyl (C=O) groups excluding carboxylic acids is 2. The van der Waals surface area contributed by atoms with Gasteiger partial charge in [-0.25, -0.2) is 9.59 Å². The Morgan fingerprint density at radius 2 is 1.84 bits per heavy atom. The minimum atomic E-state index is -2.12. The highest BCUT2D eigenvalue weighted by molar-refractivity contribution is 6.74. The topological polar surface area (TPSA) is 65.1 Å². The second-order valence-corrected chi connectivity index (χ2v) is 14.4. The quantitative estimate of drug-likeness (QED) is 0.482. The maximum Gasteiger partial charge on any atom is 0.411 e. The van der Waals surface area contributed by atoms with E-state index in [-0.39, 0.29) is 23.8 Å². The number of hydrogen-bond acceptors (Lipinski definition) is 5. The normalized spacial score (nSPS) is 23.2. The fraction of sp³-hybridized carbons (Fsp3) is 0.500. The minimum Gasteiger partial charge on any atom is -0.467 e. The van der Waals surface area contributed by atoms with E-state index in [0.717, 1.165) is 11.1 Å². The van der Waals surface area contributed by atoms with Gasteiger partial charge >= 0.3 is 12.1 Å². The summed E-state index contributed by atoms with van der Waals surface area (Å²) in [5.41, 5.74) is 1.87. The summed E-state index contributed by atoms with van der Waals surface area (Å²) >= 11 is 0. The molecule has 1 aromatic carbocycles. The molecular formula is C24H33NO5Si. The molecule has 0 unspecified atom stereocenters. The van der Waals surface area contributed by atoms with E-state index < -0.39 is 26.4 Å². The van der Waals surface area contributed by atoms with Gasteiger partial charge in [-0.1, -0.05) is 69.3 Å². The average molecular weight is 444 g/mol. The lowest BCUT2D eigenvalue weighted by molar-refractivity contribution is -0.146. The first-order valence-corrected chi connectivity index (χ1v) is 13.6. The smallest absolute Gasteiger partial charge is 0.411 e. The van der Waals surface area contributed by atoms with Crippen LogP contribution in [0.25, 0.3) is 0 Å². The number of carbonyl (C=O) groups is 2. The van der Waals surface area contributed by atoms with E-state index in [9.17, 15) is 9.59 Å². The van der Waals surface area contributed by atoms with Crippen molar-refractivity contribution in [2.75, 3.05) is 7.11 Å². The molecule has 7 heteroatoms. The molecule has 0 saturated carbocycles. The van der Waals surface area contributed by atoms with Crippen LogP contribution in [0.1, 0.15) is 32.8 Å². The third-order valence-electron chi connectivity index (χ3n) is 6.49. The van der Waals surface area contributed by atoms with Crippen LogP contribution < -0.4 is 0 Å². The van der Waals surface area contributed by atoms with Crippen molar-refractivity contribution < 1.29 is 23.5 Å². The van der Waals surface area contributed by atoms with E-state index >= 15 is 0 Å². The molecule has 0 spiro atoms. The van der Waals surface area contributed by atoms with Crippen molar-refractivity contribution in [3.05, 3.63) is 59.7 Å². The standard InChI is InChI=1S/C24H33NO5Si/c1-24(2,3)31(5,6)30-20-14-10-13-18-15-19(22(26)28-4)25(21(18)20)23(27)29-16-17-11-8-7-9-12-17/h7-14,19-21H,15-16H2,1-6H3/t19-,20+,21-/m0/s1. The number of nitrogens with zero attached hydrogens (tertiary/aromatic N) is 1. The zero-order valence-electron chi connectivity index (χ0n) is 19.3. The SMILES string of the molecule is COC(=O)[C@@H]1CC2=CC=C[C@@H](O[Si](C)(C)C(C)(C)C)[C@H]2N1C(=O)OCc1ccccc1. The predicted molar refractivity (Wildman–Crippen MR) is 122 cm³/mol. The molecule has 1 fully saturated rings. The fourth-order valence-corrected chi connectivity index (χ4v) is 4.97. The predicted octanol–water partition coefficient (Wildman–Crippen LogP) is 4.83. The fourth-order valence-electron chi connectivity index (χ4n) is 3.73. The lowest BCUT2D eigenvalue weighted by Crippen LogP contribution is -2.54. The number of benzene rings is 1. The molecule has 1 amide bonds. The lowest BCUT2D eigenvalue weighted by Gasteiger charge is -2.42. The number of fused-ring (bicyclic) bond motifs is 1. The summed E-state index contributed by atoms with van der Waals surface area (Å²) < 4.78 is 17.3. The van der Waals surface area contributed by atoms with Crippen LogP contribution in [0.2, 0.25) is 18.1 Å². The van der Waals surface area contributed by atoms with E-state index in [2.05, 4.69) is 33.9 Å². The van der Waals surface area contributed by atoms with Crippen molar-refractivity contribution in [2.24, 2.45) is 0 Å². The largest absolute Gasteiger partial charge is 0.467 e. The summed E-state index contributed by atoms with van der Waals surface area (Å²) in [5.74, 6) is -0.446. The molecule has 3 atom stereocenters. The van der Waals surface area contributed by atoms with Crippen LogP contribution in [-0.2, 0) is 25.3 Å². The van der Waals surface area contributed by atoms with Crippen LogP contribution >= 0.6 is 0 Å². The molecule has 2 aliphatic rings. The van der Waals surface area contributed by atoms with E-state index in [4.69, 9.17) is 13.9 Å². The Balaban J connectivity index is 1.87. The van der Waals surface area contributed by atoms with Crippen LogP contribution in [0, 0.1) is 0 Å². The Kier molecular flexibility index (Phi) is 6.76. The van der Waals surface area contributed by atoms with Gasteiger partial charge in [-0.2, -0.15) is 0 Å². The molecule has 0 radical (unpaired) electrons. The van der Waals surface area contributed by atoms with Gasteiger partial charge in [-0.15, -0.1) is 0 Å². The first-order valence-electron chi connectivity index (χ1n) is 10.7. The number of ether oxygens (including phenoxy) is 2. The van der Waals surface area contributed by atoms with Gasteiger partial charge in [0.25, 0.3) is 0 Å². The molecule has 1 aromatic rings. The number of methoxy groups -OCH3 is 1. The van der Waals surface area contributed by atoms with Crippen LogP contribution in [0.4, 0.5) is 4.79 Å². The number of hydrogen-bond donors (Lipinski definition) is 0. The molecular weight excluding hydrogens is 410 g/mol. The second kappa shape index (κ2) is 9.00. The van der Waals surface area contributed by atoms with Crippen molar-refractivity contribution >= 4 is 20.4 Å². The van der Waals surface area contributed by atoms with Crippen LogP contribution in [-0.4, -0.2) is 50.6 Å². The van der Waals surface area contributed by atoms with Crippen LogP contribution in [0.3, 0.4) is 0 Å². The highest BCUT2D eigenvalue weighted by Crippen LogP contribution is 2.42. The molecule has 3 rings (SSSR count). The van der Waals surface area contributed by atoms with Crippen molar-refractivity contribution in [2.45, 2.75) is 70.1 Å². The van der Waals surface area contributed by atoms with Gasteiger partial charge in [-0.3, -0.25) is 4.90 Å². The summed E-state index contributed by atoms with van der Waals surface area (Å²) in [5, 5.41) is 0.0150. The molecule has 1 saturated heterocycles. The van der Waals surface area contributed by atoms with E-state index in [1.54, 1.807) is 0 Å². The summed E-state index contributed by atoms with van der Waals surface area (Å²) in [6, 6.07) is 8.38. The summed E-state index contributed by atoms with van der Waals surface area (Å²) in [7, 11) is -0.777. The van der Waals surface area contributed by atoms with Gasteiger partial charge in [0, 0.05) is 6.42 Å². The van der Waals surface area contributed by atoms with Gasteiger partial charge < -0.3 is 13.9 Å². The number of rotatable bonds is 5. The van der Waals surface area contributed by atoms with E-state index in [1.165, 1.54) is 12.0 Å². The van der Waals surface area contributed by atoms with Gasteiger partial charge in [-0.05, 0) is 29.3 Å². The first kappa shape index (κ1) is 23.3. The third kappa shape index (κ3) is 4.93. The maximum absolute atomic E-state index is 13.2. The molecule has 0 bridgehead atoms. The van der Waals surface area contributed by atoms with Crippen LogP contribution in [0.15, 0.2) is 54.1 Å². The molecule has 0 N–H and O–H groups in total. The third-order valence-corrected chi connectivity index (χ3v) is 11.0. The van der Waals surface area contributed by atoms with Crippen molar-refractivity contribution in [3.8, 4) is 0 Å². The van der Waals surface area contributed by atoms with E-state index in [1.807, 2.05) is 48.6 Å². The molecule has 0 aromatic heterocycles. The van der Waals surface area contributed by atoms with E-state index in [0.29, 0.717) is 6.42 Å². The Labute approximate surface area is 186 Å². The van der Waals surface area contributed by atoms with Crippen LogP contribution in [0.5, 0.6) is 0 Å². The molecule has 1 heterocycles. The molecule has 6 nitrogen and oxygen atoms in total. The van der Waals surface area contributed by atoms with Gasteiger partial charge in [0.05, 0.1) is 19.3 Å². The highest BCUT2D eigenvalue weighted by Gasteiger charge is 2.51. The van der Waals surface area contributed by atoms with Crippen molar-refractivity contribution in [1.82, 2.24) is 4.90 Å². The summed E-state index contributed by atoms with van der Waals surface area (Å²) in [6.07, 6.45) is 5.45. The second-order valence-electron chi connectivity index (χ2n) is 9.60. The lowest BCUT2D eigenvalue weighted by atomic mass is 9.97. The maximum atomic E-state index is 13.2. The average Bonchev–Trinajstić information content (AvgIpc) is 3.12. The van der Waals surface area contributed by atoms with Crippen molar-refractivity contribution in [1.29, 1.82) is 0 Å². The summed E-state index contributed by atoms with van der Waals surface area (Å²) in [4.78, 5) is 27.3. The highest BCUT2D eigenvalue weighted by atomic mass is 28.4. The Morgan fingerprint density at radius 1 is 1.16 bits per heavy atom. The monoisotopic (exact) mass is 443 g/mol. The molecule has 1 aliphatic carbocycles. The number of esters is 1. The Bertz CT molecular complexity index is 872. The molecule has 168 valence electrons. The molecule has 1 aliphatic heterocycles.